The second kappa shape index (κ2) is 15.0. The van der Waals surface area contributed by atoms with Gasteiger partial charge in [-0.1, -0.05) is 33.8 Å². The summed E-state index contributed by atoms with van der Waals surface area (Å²) in [5.41, 5.74) is 6.26. The lowest BCUT2D eigenvalue weighted by Crippen LogP contribution is -2.38. The van der Waals surface area contributed by atoms with Gasteiger partial charge in [0.25, 0.3) is 0 Å². The number of carbonyl (C=O) groups excluding carboxylic acids is 3. The number of rotatable bonds is 12. The predicted octanol–water partition coefficient (Wildman–Crippen LogP) is 4.86. The minimum Gasteiger partial charge on any atom is -0.480 e. The molecule has 12 nitrogen and oxygen atoms in total. The molecule has 1 aromatic carbocycles. The average Bonchev–Trinajstić information content (AvgIpc) is 2.82. The van der Waals surface area contributed by atoms with Crippen LogP contribution in [0.2, 0.25) is 0 Å². The summed E-state index contributed by atoms with van der Waals surface area (Å²) in [4.78, 5) is 48.1. The smallest absolute Gasteiger partial charge is 0.480 e. The van der Waals surface area contributed by atoms with Crippen molar-refractivity contribution in [2.24, 2.45) is 17.6 Å². The van der Waals surface area contributed by atoms with E-state index in [2.05, 4.69) is 4.74 Å². The molecule has 38 heavy (non-hydrogen) atoms. The van der Waals surface area contributed by atoms with Crippen LogP contribution in [0, 0.1) is 11.8 Å². The number of nitrogens with two attached hydrogens (primary N) is 1. The van der Waals surface area contributed by atoms with Crippen molar-refractivity contribution in [1.82, 2.24) is 0 Å². The molecule has 0 saturated carbocycles. The Morgan fingerprint density at radius 3 is 1.74 bits per heavy atom. The highest BCUT2D eigenvalue weighted by molar-refractivity contribution is 5.75. The molecule has 0 saturated heterocycles. The molecule has 1 rings (SSSR count). The average molecular weight is 542 g/mol. The van der Waals surface area contributed by atoms with Gasteiger partial charge in [-0.2, -0.15) is 0 Å². The quantitative estimate of drug-likeness (QED) is 0.209. The van der Waals surface area contributed by atoms with Crippen LogP contribution in [0.1, 0.15) is 66.4 Å². The third kappa shape index (κ3) is 10.4. The molecule has 5 atom stereocenters. The van der Waals surface area contributed by atoms with Gasteiger partial charge in [0.05, 0.1) is 7.11 Å². The molecular weight excluding hydrogens is 502 g/mol. The van der Waals surface area contributed by atoms with Crippen LogP contribution in [0.25, 0.3) is 0 Å². The molecule has 0 fully saturated rings. The van der Waals surface area contributed by atoms with Crippen molar-refractivity contribution >= 4 is 24.4 Å². The van der Waals surface area contributed by atoms with E-state index in [0.717, 1.165) is 7.11 Å². The number of carboxylic acids is 1. The molecular formula is C26H39NO11. The molecule has 1 aromatic rings. The van der Waals surface area contributed by atoms with E-state index in [1.165, 1.54) is 18.2 Å². The minimum atomic E-state index is -1.41. The van der Waals surface area contributed by atoms with Gasteiger partial charge in [0.1, 0.15) is 24.4 Å². The first kappa shape index (κ1) is 32.5. The number of hydrogen-bond acceptors (Lipinski definition) is 11. The molecule has 0 aliphatic carbocycles. The van der Waals surface area contributed by atoms with Crippen molar-refractivity contribution < 1.29 is 52.7 Å². The van der Waals surface area contributed by atoms with Crippen LogP contribution in [0.4, 0.5) is 14.4 Å². The van der Waals surface area contributed by atoms with Crippen molar-refractivity contribution in [3.63, 3.8) is 0 Å². The fraction of sp³-hybridized carbons (Fsp3) is 0.615. The van der Waals surface area contributed by atoms with Gasteiger partial charge in [0, 0.05) is 5.92 Å². The van der Waals surface area contributed by atoms with Gasteiger partial charge >= 0.3 is 24.4 Å². The van der Waals surface area contributed by atoms with Crippen LogP contribution in [0.5, 0.6) is 11.5 Å². The Bertz CT molecular complexity index is 963. The summed E-state index contributed by atoms with van der Waals surface area (Å²) in [5.74, 6) is -2.55. The fourth-order valence-corrected chi connectivity index (χ4v) is 3.00. The molecule has 0 aliphatic heterocycles. The van der Waals surface area contributed by atoms with Crippen LogP contribution in [-0.2, 0) is 23.7 Å². The number of carbonyl (C=O) groups is 4. The summed E-state index contributed by atoms with van der Waals surface area (Å²) in [5, 5.41) is 9.57. The maximum absolute atomic E-state index is 12.5. The molecule has 12 heteroatoms. The van der Waals surface area contributed by atoms with Crippen molar-refractivity contribution in [3.05, 3.63) is 23.8 Å². The van der Waals surface area contributed by atoms with Gasteiger partial charge in [-0.15, -0.1) is 0 Å². The monoisotopic (exact) mass is 541 g/mol. The first-order valence-electron chi connectivity index (χ1n) is 12.3. The van der Waals surface area contributed by atoms with E-state index in [0.29, 0.717) is 5.56 Å². The lowest BCUT2D eigenvalue weighted by atomic mass is 9.87. The van der Waals surface area contributed by atoms with Gasteiger partial charge in [-0.25, -0.2) is 14.4 Å². The lowest BCUT2D eigenvalue weighted by Gasteiger charge is -2.25. The lowest BCUT2D eigenvalue weighted by molar-refractivity contribution is -0.139. The Labute approximate surface area is 222 Å². The van der Waals surface area contributed by atoms with Gasteiger partial charge in [-0.3, -0.25) is 4.79 Å². The van der Waals surface area contributed by atoms with E-state index in [4.69, 9.17) is 29.4 Å². The molecule has 0 aromatic heterocycles. The van der Waals surface area contributed by atoms with Crippen LogP contribution in [0.3, 0.4) is 0 Å². The maximum Gasteiger partial charge on any atom is 0.514 e. The number of benzene rings is 1. The Balaban J connectivity index is 3.39. The molecule has 4 unspecified atom stereocenters. The predicted molar refractivity (Wildman–Crippen MR) is 135 cm³/mol. The number of ether oxygens (including phenoxy) is 6. The molecule has 214 valence electrons. The first-order chi connectivity index (χ1) is 17.7. The fourth-order valence-electron chi connectivity index (χ4n) is 3.00. The zero-order valence-corrected chi connectivity index (χ0v) is 23.1. The van der Waals surface area contributed by atoms with Crippen molar-refractivity contribution in [1.29, 1.82) is 0 Å². The summed E-state index contributed by atoms with van der Waals surface area (Å²) in [7, 11) is 1.14. The van der Waals surface area contributed by atoms with Crippen LogP contribution in [0.15, 0.2) is 18.2 Å². The Hall–Kier alpha value is -3.54. The third-order valence-electron chi connectivity index (χ3n) is 5.99. The summed E-state index contributed by atoms with van der Waals surface area (Å²) >= 11 is 0. The molecule has 0 bridgehead atoms. The molecule has 0 amide bonds. The van der Waals surface area contributed by atoms with E-state index in [9.17, 15) is 24.3 Å². The SMILES string of the molecule is COC(=O)OC(C)CC(c1ccc(OC(=O)OC(C)C(C)C)c(OC(=O)OC(C)C(C)C)c1)[C@H](N)C(=O)O. The summed E-state index contributed by atoms with van der Waals surface area (Å²) in [6.07, 6.45) is -4.73. The summed E-state index contributed by atoms with van der Waals surface area (Å²) in [6.45, 7) is 12.4. The number of aliphatic carboxylic acids is 1. The van der Waals surface area contributed by atoms with Gasteiger partial charge in [-0.05, 0) is 56.7 Å². The largest absolute Gasteiger partial charge is 0.514 e. The Morgan fingerprint density at radius 1 is 0.789 bits per heavy atom. The maximum atomic E-state index is 12.5. The molecule has 0 radical (unpaired) electrons. The van der Waals surface area contributed by atoms with Crippen molar-refractivity contribution in [2.75, 3.05) is 7.11 Å². The number of methoxy groups -OCH3 is 1. The van der Waals surface area contributed by atoms with Gasteiger partial charge < -0.3 is 39.3 Å². The van der Waals surface area contributed by atoms with Crippen molar-refractivity contribution in [3.8, 4) is 11.5 Å². The second-order valence-corrected chi connectivity index (χ2v) is 9.63. The van der Waals surface area contributed by atoms with Crippen molar-refractivity contribution in [2.45, 2.75) is 85.2 Å². The van der Waals surface area contributed by atoms with E-state index in [-0.39, 0.29) is 29.8 Å². The Kier molecular flexibility index (Phi) is 12.8. The standard InChI is InChI=1S/C26H39NO11/c1-13(2)16(6)35-25(31)37-20-10-9-18(12-21(20)38-26(32)36-17(7)14(3)4)19(22(27)23(28)29)11-15(5)34-24(30)33-8/h9-10,12-17,19,22H,11,27H2,1-8H3,(H,28,29)/t15?,16?,17?,19?,22-/m0/s1. The summed E-state index contributed by atoms with van der Waals surface area (Å²) in [6, 6.07) is 2.68. The Morgan fingerprint density at radius 2 is 1.29 bits per heavy atom. The van der Waals surface area contributed by atoms with Crippen LogP contribution >= 0.6 is 0 Å². The van der Waals surface area contributed by atoms with Gasteiger partial charge in [0.2, 0.25) is 0 Å². The molecule has 0 spiro atoms. The van der Waals surface area contributed by atoms with Crippen LogP contribution < -0.4 is 15.2 Å². The van der Waals surface area contributed by atoms with E-state index < -0.39 is 54.7 Å². The normalized spacial score (nSPS) is 15.0. The third-order valence-corrected chi connectivity index (χ3v) is 5.99. The zero-order chi connectivity index (χ0) is 29.2. The first-order valence-corrected chi connectivity index (χ1v) is 12.3. The van der Waals surface area contributed by atoms with E-state index >= 15 is 0 Å². The van der Waals surface area contributed by atoms with Gasteiger partial charge in [0.15, 0.2) is 11.5 Å². The molecule has 0 heterocycles. The molecule has 3 N–H and O–H groups in total. The minimum absolute atomic E-state index is 0.00588. The second-order valence-electron chi connectivity index (χ2n) is 9.63. The highest BCUT2D eigenvalue weighted by atomic mass is 16.8. The highest BCUT2D eigenvalue weighted by Gasteiger charge is 2.31. The zero-order valence-electron chi connectivity index (χ0n) is 23.1. The highest BCUT2D eigenvalue weighted by Crippen LogP contribution is 2.35. The molecule has 0 aliphatic rings. The topological polar surface area (TPSA) is 170 Å². The summed E-state index contributed by atoms with van der Waals surface area (Å²) < 4.78 is 30.7. The number of carboxylic acid groups (broad SMARTS) is 1. The number of hydrogen-bond donors (Lipinski definition) is 2. The van der Waals surface area contributed by atoms with Crippen LogP contribution in [-0.4, -0.2) is 61.0 Å². The van der Waals surface area contributed by atoms with E-state index in [1.807, 2.05) is 27.7 Å². The van der Waals surface area contributed by atoms with E-state index in [1.54, 1.807) is 20.8 Å².